The van der Waals surface area contributed by atoms with E-state index in [1.807, 2.05) is 35.0 Å². The van der Waals surface area contributed by atoms with Crippen LogP contribution in [-0.2, 0) is 5.75 Å². The molecule has 0 spiro atoms. The van der Waals surface area contributed by atoms with Crippen molar-refractivity contribution in [1.29, 1.82) is 0 Å². The van der Waals surface area contributed by atoms with Gasteiger partial charge < -0.3 is 4.74 Å². The molecule has 0 aliphatic carbocycles. The molecule has 4 rings (SSSR count). The van der Waals surface area contributed by atoms with E-state index in [9.17, 15) is 4.79 Å². The van der Waals surface area contributed by atoms with E-state index in [0.29, 0.717) is 22.1 Å². The molecule has 0 N–H and O–H groups in total. The number of aromatic nitrogens is 4. The molecule has 3 aromatic heterocycles. The van der Waals surface area contributed by atoms with Gasteiger partial charge >= 0.3 is 0 Å². The maximum Gasteiger partial charge on any atom is 0.258 e. The van der Waals surface area contributed by atoms with Crippen molar-refractivity contribution in [3.63, 3.8) is 0 Å². The molecule has 3 heterocycles. The summed E-state index contributed by atoms with van der Waals surface area (Å²) in [6.45, 7) is 0. The van der Waals surface area contributed by atoms with Gasteiger partial charge in [0.15, 0.2) is 5.16 Å². The summed E-state index contributed by atoms with van der Waals surface area (Å²) >= 11 is 7.46. The van der Waals surface area contributed by atoms with Crippen LogP contribution in [0.3, 0.4) is 0 Å². The van der Waals surface area contributed by atoms with E-state index < -0.39 is 0 Å². The molecule has 0 atom stereocenters. The second-order valence-corrected chi connectivity index (χ2v) is 7.11. The third-order valence-electron chi connectivity index (χ3n) is 3.98. The van der Waals surface area contributed by atoms with Crippen LogP contribution in [0.5, 0.6) is 5.75 Å². The number of fused-ring (bicyclic) bond motifs is 1. The van der Waals surface area contributed by atoms with Gasteiger partial charge in [-0.1, -0.05) is 23.4 Å². The summed E-state index contributed by atoms with van der Waals surface area (Å²) in [6.07, 6.45) is 5.21. The Morgan fingerprint density at radius 3 is 2.78 bits per heavy atom. The minimum Gasteiger partial charge on any atom is -0.497 e. The van der Waals surface area contributed by atoms with E-state index in [1.165, 1.54) is 22.2 Å². The van der Waals surface area contributed by atoms with Crippen LogP contribution in [0.2, 0.25) is 5.02 Å². The third kappa shape index (κ3) is 3.70. The zero-order valence-electron chi connectivity index (χ0n) is 14.4. The van der Waals surface area contributed by atoms with E-state index >= 15 is 0 Å². The number of imidazole rings is 1. The van der Waals surface area contributed by atoms with Crippen molar-refractivity contribution in [1.82, 2.24) is 18.9 Å². The molecular weight excluding hydrogens is 384 g/mol. The molecule has 0 radical (unpaired) electrons. The molecule has 0 aliphatic rings. The average molecular weight is 399 g/mol. The summed E-state index contributed by atoms with van der Waals surface area (Å²) in [6, 6.07) is 12.7. The molecule has 8 heteroatoms. The Labute approximate surface area is 164 Å². The number of rotatable bonds is 5. The number of benzene rings is 1. The van der Waals surface area contributed by atoms with Gasteiger partial charge in [-0.3, -0.25) is 13.8 Å². The lowest BCUT2D eigenvalue weighted by Gasteiger charge is -2.09. The van der Waals surface area contributed by atoms with E-state index in [2.05, 4.69) is 9.97 Å². The molecule has 136 valence electrons. The Hall–Kier alpha value is -2.77. The number of ether oxygens (including phenoxy) is 1. The van der Waals surface area contributed by atoms with Crippen molar-refractivity contribution in [2.75, 3.05) is 7.11 Å². The molecular formula is C19H15ClN4O2S. The van der Waals surface area contributed by atoms with Gasteiger partial charge in [0.1, 0.15) is 11.4 Å². The fraction of sp³-hybridized carbons (Fsp3) is 0.105. The molecule has 27 heavy (non-hydrogen) atoms. The normalized spacial score (nSPS) is 11.0. The molecule has 4 aromatic rings. The minimum absolute atomic E-state index is 0.156. The van der Waals surface area contributed by atoms with Gasteiger partial charge in [0.25, 0.3) is 5.56 Å². The minimum atomic E-state index is -0.156. The summed E-state index contributed by atoms with van der Waals surface area (Å²) in [7, 11) is 1.64. The molecule has 1 aromatic carbocycles. The number of hydrogen-bond acceptors (Lipinski definition) is 5. The monoisotopic (exact) mass is 398 g/mol. The number of thioether (sulfide) groups is 1. The first kappa shape index (κ1) is 17.6. The Morgan fingerprint density at radius 2 is 2.00 bits per heavy atom. The van der Waals surface area contributed by atoms with Gasteiger partial charge in [-0.25, -0.2) is 9.97 Å². The second kappa shape index (κ2) is 7.46. The highest BCUT2D eigenvalue weighted by Gasteiger charge is 2.09. The van der Waals surface area contributed by atoms with Crippen LogP contribution in [0.1, 0.15) is 5.69 Å². The zero-order chi connectivity index (χ0) is 18.8. The first-order chi connectivity index (χ1) is 13.1. The molecule has 6 nitrogen and oxygen atoms in total. The maximum absolute atomic E-state index is 12.3. The van der Waals surface area contributed by atoms with Gasteiger partial charge in [0, 0.05) is 36.1 Å². The van der Waals surface area contributed by atoms with E-state index in [4.69, 9.17) is 16.3 Å². The topological polar surface area (TPSA) is 61.4 Å². The third-order valence-corrected chi connectivity index (χ3v) is 5.21. The molecule has 0 unspecified atom stereocenters. The summed E-state index contributed by atoms with van der Waals surface area (Å²) < 4.78 is 8.62. The van der Waals surface area contributed by atoms with Gasteiger partial charge in [-0.15, -0.1) is 0 Å². The van der Waals surface area contributed by atoms with Crippen molar-refractivity contribution in [3.05, 3.63) is 82.1 Å². The van der Waals surface area contributed by atoms with Gasteiger partial charge in [-0.2, -0.15) is 0 Å². The first-order valence-corrected chi connectivity index (χ1v) is 9.49. The van der Waals surface area contributed by atoms with Crippen molar-refractivity contribution in [3.8, 4) is 11.4 Å². The number of halogens is 1. The van der Waals surface area contributed by atoms with Crippen LogP contribution in [0, 0.1) is 0 Å². The summed E-state index contributed by atoms with van der Waals surface area (Å²) in [5.74, 6) is 1.33. The van der Waals surface area contributed by atoms with Crippen molar-refractivity contribution in [2.24, 2.45) is 0 Å². The smallest absolute Gasteiger partial charge is 0.258 e. The second-order valence-electron chi connectivity index (χ2n) is 5.73. The highest BCUT2D eigenvalue weighted by molar-refractivity contribution is 7.98. The number of nitrogens with zero attached hydrogens (tertiary/aromatic N) is 4. The highest BCUT2D eigenvalue weighted by atomic mass is 35.5. The fourth-order valence-electron chi connectivity index (χ4n) is 2.67. The van der Waals surface area contributed by atoms with Gasteiger partial charge in [-0.05, 0) is 36.4 Å². The van der Waals surface area contributed by atoms with Crippen LogP contribution in [-0.4, -0.2) is 26.0 Å². The van der Waals surface area contributed by atoms with Gasteiger partial charge in [0.2, 0.25) is 0 Å². The molecule has 0 saturated heterocycles. The molecule has 0 saturated carbocycles. The summed E-state index contributed by atoms with van der Waals surface area (Å²) in [5, 5.41) is 1.31. The molecule has 0 aliphatic heterocycles. The van der Waals surface area contributed by atoms with E-state index in [-0.39, 0.29) is 5.56 Å². The number of hydrogen-bond donors (Lipinski definition) is 0. The number of pyridine rings is 1. The summed E-state index contributed by atoms with van der Waals surface area (Å²) in [4.78, 5) is 21.2. The van der Waals surface area contributed by atoms with Crippen LogP contribution in [0.25, 0.3) is 11.3 Å². The van der Waals surface area contributed by atoms with Crippen LogP contribution in [0.4, 0.5) is 0 Å². The van der Waals surface area contributed by atoms with E-state index in [1.54, 1.807) is 31.6 Å². The van der Waals surface area contributed by atoms with Gasteiger partial charge in [0.05, 0.1) is 17.8 Å². The van der Waals surface area contributed by atoms with Crippen LogP contribution >= 0.6 is 23.4 Å². The Kier molecular flexibility index (Phi) is 4.87. The lowest BCUT2D eigenvalue weighted by molar-refractivity contribution is 0.414. The lowest BCUT2D eigenvalue weighted by Crippen LogP contribution is -2.15. The fourth-order valence-corrected chi connectivity index (χ4v) is 3.70. The standard InChI is InChI=1S/C19H15ClN4O2S/c1-26-16-5-3-15(4-6-16)23-9-8-21-19(23)27-12-14-10-18(25)24-11-13(20)2-7-17(24)22-14/h2-11H,12H2,1H3. The molecule has 0 fully saturated rings. The maximum atomic E-state index is 12.3. The van der Waals surface area contributed by atoms with Crippen molar-refractivity contribution < 1.29 is 4.74 Å². The first-order valence-electron chi connectivity index (χ1n) is 8.12. The van der Waals surface area contributed by atoms with E-state index in [0.717, 1.165) is 16.6 Å². The SMILES string of the molecule is COc1ccc(-n2ccnc2SCc2cc(=O)n3cc(Cl)ccc3n2)cc1. The predicted octanol–water partition coefficient (Wildman–Crippen LogP) is 3.83. The molecule has 0 amide bonds. The average Bonchev–Trinajstić information content (AvgIpc) is 3.15. The summed E-state index contributed by atoms with van der Waals surface area (Å²) in [5.41, 5.74) is 2.09. The highest BCUT2D eigenvalue weighted by Crippen LogP contribution is 2.24. The quantitative estimate of drug-likeness (QED) is 0.478. The predicted molar refractivity (Wildman–Crippen MR) is 106 cm³/mol. The largest absolute Gasteiger partial charge is 0.497 e. The lowest BCUT2D eigenvalue weighted by atomic mass is 10.3. The zero-order valence-corrected chi connectivity index (χ0v) is 15.9. The van der Waals surface area contributed by atoms with Crippen LogP contribution in [0.15, 0.2) is 71.0 Å². The Morgan fingerprint density at radius 1 is 1.19 bits per heavy atom. The van der Waals surface area contributed by atoms with Crippen molar-refractivity contribution >= 4 is 29.0 Å². The van der Waals surface area contributed by atoms with Crippen molar-refractivity contribution in [2.45, 2.75) is 10.9 Å². The molecule has 0 bridgehead atoms. The van der Waals surface area contributed by atoms with Crippen LogP contribution < -0.4 is 10.3 Å². The Balaban J connectivity index is 1.58. The Bertz CT molecular complexity index is 1150. The number of methoxy groups -OCH3 is 1.